The molecule has 1 fully saturated rings. The summed E-state index contributed by atoms with van der Waals surface area (Å²) in [7, 11) is 1.73. The standard InChI is InChI=1S/C15H25N3O3/c1-6-21-12-8-15(20,14(12,3)4)9-16-13(19)11-7-10(2)17-18(11)5/h7,12,20H,6,8-9H2,1-5H3,(H,16,19). The average molecular weight is 295 g/mol. The lowest BCUT2D eigenvalue weighted by Crippen LogP contribution is -2.68. The summed E-state index contributed by atoms with van der Waals surface area (Å²) < 4.78 is 7.16. The maximum Gasteiger partial charge on any atom is 0.269 e. The molecule has 1 aliphatic carbocycles. The molecule has 0 spiro atoms. The predicted octanol–water partition coefficient (Wildman–Crippen LogP) is 1.02. The summed E-state index contributed by atoms with van der Waals surface area (Å²) in [5.41, 5.74) is -0.0224. The van der Waals surface area contributed by atoms with E-state index in [0.29, 0.717) is 18.7 Å². The highest BCUT2D eigenvalue weighted by molar-refractivity contribution is 5.92. The summed E-state index contributed by atoms with van der Waals surface area (Å²) in [6.07, 6.45) is 0.571. The highest BCUT2D eigenvalue weighted by Crippen LogP contribution is 2.50. The fraction of sp³-hybridized carbons (Fsp3) is 0.733. The van der Waals surface area contributed by atoms with Gasteiger partial charge in [-0.15, -0.1) is 0 Å². The molecule has 1 amide bonds. The van der Waals surface area contributed by atoms with Gasteiger partial charge < -0.3 is 15.2 Å². The van der Waals surface area contributed by atoms with Crippen molar-refractivity contribution in [1.29, 1.82) is 0 Å². The Labute approximate surface area is 125 Å². The Morgan fingerprint density at radius 2 is 2.29 bits per heavy atom. The lowest BCUT2D eigenvalue weighted by atomic mass is 9.56. The van der Waals surface area contributed by atoms with Gasteiger partial charge in [0.2, 0.25) is 0 Å². The van der Waals surface area contributed by atoms with Crippen LogP contribution in [0.4, 0.5) is 0 Å². The number of amides is 1. The van der Waals surface area contributed by atoms with E-state index in [1.807, 2.05) is 27.7 Å². The fourth-order valence-corrected chi connectivity index (χ4v) is 2.90. The normalized spacial score (nSPS) is 27.2. The molecular formula is C15H25N3O3. The molecule has 1 aromatic heterocycles. The first-order chi connectivity index (χ1) is 9.71. The van der Waals surface area contributed by atoms with Crippen molar-refractivity contribution in [3.05, 3.63) is 17.5 Å². The van der Waals surface area contributed by atoms with Crippen molar-refractivity contribution in [2.75, 3.05) is 13.2 Å². The number of ether oxygens (including phenoxy) is 1. The Hall–Kier alpha value is -1.40. The molecular weight excluding hydrogens is 270 g/mol. The third kappa shape index (κ3) is 2.70. The van der Waals surface area contributed by atoms with Crippen LogP contribution in [0.1, 0.15) is 43.4 Å². The number of hydrogen-bond acceptors (Lipinski definition) is 4. The number of aromatic nitrogens is 2. The molecule has 1 saturated carbocycles. The van der Waals surface area contributed by atoms with Crippen molar-refractivity contribution in [1.82, 2.24) is 15.1 Å². The predicted molar refractivity (Wildman–Crippen MR) is 79.0 cm³/mol. The van der Waals surface area contributed by atoms with Crippen molar-refractivity contribution in [2.24, 2.45) is 12.5 Å². The van der Waals surface area contributed by atoms with E-state index in [2.05, 4.69) is 10.4 Å². The topological polar surface area (TPSA) is 76.4 Å². The molecule has 0 radical (unpaired) electrons. The minimum absolute atomic E-state index is 0.0309. The van der Waals surface area contributed by atoms with Crippen LogP contribution < -0.4 is 5.32 Å². The Kier molecular flexibility index (Phi) is 4.13. The van der Waals surface area contributed by atoms with E-state index < -0.39 is 5.60 Å². The van der Waals surface area contributed by atoms with Crippen LogP contribution in [-0.2, 0) is 11.8 Å². The Morgan fingerprint density at radius 1 is 1.62 bits per heavy atom. The van der Waals surface area contributed by atoms with E-state index in [4.69, 9.17) is 4.74 Å². The smallest absolute Gasteiger partial charge is 0.269 e. The summed E-state index contributed by atoms with van der Waals surface area (Å²) in [4.78, 5) is 12.2. The van der Waals surface area contributed by atoms with Crippen molar-refractivity contribution in [2.45, 2.75) is 45.8 Å². The zero-order valence-electron chi connectivity index (χ0n) is 13.4. The van der Waals surface area contributed by atoms with E-state index in [9.17, 15) is 9.90 Å². The van der Waals surface area contributed by atoms with Crippen molar-refractivity contribution < 1.29 is 14.6 Å². The average Bonchev–Trinajstić information content (AvgIpc) is 2.75. The highest BCUT2D eigenvalue weighted by Gasteiger charge is 2.59. The molecule has 0 aliphatic heterocycles. The molecule has 2 N–H and O–H groups in total. The minimum atomic E-state index is -0.934. The number of hydrogen-bond donors (Lipinski definition) is 2. The minimum Gasteiger partial charge on any atom is -0.387 e. The maximum atomic E-state index is 12.2. The molecule has 2 atom stereocenters. The number of carbonyl (C=O) groups is 1. The van der Waals surface area contributed by atoms with Gasteiger partial charge in [0.1, 0.15) is 5.69 Å². The van der Waals surface area contributed by atoms with Crippen molar-refractivity contribution in [3.8, 4) is 0 Å². The lowest BCUT2D eigenvalue weighted by molar-refractivity contribution is -0.237. The van der Waals surface area contributed by atoms with Crippen LogP contribution in [0, 0.1) is 12.3 Å². The van der Waals surface area contributed by atoms with Gasteiger partial charge in [-0.25, -0.2) is 0 Å². The SMILES string of the molecule is CCOC1CC(O)(CNC(=O)c2cc(C)nn2C)C1(C)C. The van der Waals surface area contributed by atoms with Crippen LogP contribution in [0.15, 0.2) is 6.07 Å². The zero-order valence-corrected chi connectivity index (χ0v) is 13.4. The monoisotopic (exact) mass is 295 g/mol. The zero-order chi connectivity index (χ0) is 15.8. The van der Waals surface area contributed by atoms with E-state index in [1.54, 1.807) is 17.8 Å². The number of nitrogens with zero attached hydrogens (tertiary/aromatic N) is 2. The molecule has 1 aromatic rings. The van der Waals surface area contributed by atoms with Gasteiger partial charge >= 0.3 is 0 Å². The van der Waals surface area contributed by atoms with E-state index >= 15 is 0 Å². The molecule has 0 saturated heterocycles. The van der Waals surface area contributed by atoms with Gasteiger partial charge in [0, 0.05) is 32.0 Å². The van der Waals surface area contributed by atoms with E-state index in [-0.39, 0.29) is 24.0 Å². The highest BCUT2D eigenvalue weighted by atomic mass is 16.5. The summed E-state index contributed by atoms with van der Waals surface area (Å²) >= 11 is 0. The first-order valence-corrected chi connectivity index (χ1v) is 7.34. The number of aryl methyl sites for hydroxylation is 2. The van der Waals surface area contributed by atoms with Crippen LogP contribution in [-0.4, -0.2) is 45.7 Å². The number of aliphatic hydroxyl groups is 1. The second kappa shape index (κ2) is 5.42. The molecule has 2 unspecified atom stereocenters. The van der Waals surface area contributed by atoms with Gasteiger partial charge in [0.15, 0.2) is 0 Å². The van der Waals surface area contributed by atoms with E-state index in [1.165, 1.54) is 0 Å². The summed E-state index contributed by atoms with van der Waals surface area (Å²) in [5, 5.41) is 17.6. The third-order valence-corrected chi connectivity index (χ3v) is 4.67. The van der Waals surface area contributed by atoms with Gasteiger partial charge in [-0.2, -0.15) is 5.10 Å². The first-order valence-electron chi connectivity index (χ1n) is 7.34. The van der Waals surface area contributed by atoms with E-state index in [0.717, 1.165) is 5.69 Å². The van der Waals surface area contributed by atoms with Crippen LogP contribution in [0.25, 0.3) is 0 Å². The molecule has 1 aliphatic rings. The fourth-order valence-electron chi connectivity index (χ4n) is 2.90. The molecule has 6 nitrogen and oxygen atoms in total. The van der Waals surface area contributed by atoms with Crippen LogP contribution >= 0.6 is 0 Å². The Bertz CT molecular complexity index is 538. The van der Waals surface area contributed by atoms with Gasteiger partial charge in [-0.05, 0) is 19.9 Å². The number of nitrogens with one attached hydrogen (secondary N) is 1. The first kappa shape index (κ1) is 16.0. The number of rotatable bonds is 5. The Morgan fingerprint density at radius 3 is 2.76 bits per heavy atom. The van der Waals surface area contributed by atoms with Gasteiger partial charge in [0.05, 0.1) is 17.4 Å². The second-order valence-electron chi connectivity index (χ2n) is 6.38. The van der Waals surface area contributed by atoms with Crippen molar-refractivity contribution >= 4 is 5.91 Å². The van der Waals surface area contributed by atoms with Gasteiger partial charge in [-0.3, -0.25) is 9.48 Å². The molecule has 0 aromatic carbocycles. The maximum absolute atomic E-state index is 12.2. The Balaban J connectivity index is 1.97. The summed E-state index contributed by atoms with van der Waals surface area (Å²) in [5.74, 6) is -0.220. The summed E-state index contributed by atoms with van der Waals surface area (Å²) in [6, 6.07) is 1.73. The molecule has 2 rings (SSSR count). The molecule has 0 bridgehead atoms. The lowest BCUT2D eigenvalue weighted by Gasteiger charge is -2.57. The largest absolute Gasteiger partial charge is 0.387 e. The third-order valence-electron chi connectivity index (χ3n) is 4.67. The summed E-state index contributed by atoms with van der Waals surface area (Å²) in [6.45, 7) is 8.57. The van der Waals surface area contributed by atoms with Gasteiger partial charge in [-0.1, -0.05) is 13.8 Å². The molecule has 1 heterocycles. The van der Waals surface area contributed by atoms with Crippen LogP contribution in [0.2, 0.25) is 0 Å². The second-order valence-corrected chi connectivity index (χ2v) is 6.38. The van der Waals surface area contributed by atoms with Crippen molar-refractivity contribution in [3.63, 3.8) is 0 Å². The number of carbonyl (C=O) groups excluding carboxylic acids is 1. The quantitative estimate of drug-likeness (QED) is 0.850. The molecule has 21 heavy (non-hydrogen) atoms. The molecule has 118 valence electrons. The van der Waals surface area contributed by atoms with Crippen LogP contribution in [0.5, 0.6) is 0 Å². The van der Waals surface area contributed by atoms with Gasteiger partial charge in [0.25, 0.3) is 5.91 Å². The van der Waals surface area contributed by atoms with Crippen LogP contribution in [0.3, 0.4) is 0 Å². The molecule has 6 heteroatoms.